The van der Waals surface area contributed by atoms with E-state index in [0.717, 1.165) is 12.0 Å². The Labute approximate surface area is 129 Å². The molecular formula is C17H18IN. The number of hydrogen-bond donors (Lipinski definition) is 1. The van der Waals surface area contributed by atoms with E-state index < -0.39 is 0 Å². The maximum absolute atomic E-state index is 3.76. The number of halogens is 1. The van der Waals surface area contributed by atoms with Gasteiger partial charge in [0.2, 0.25) is 0 Å². The predicted octanol–water partition coefficient (Wildman–Crippen LogP) is 3.89. The Morgan fingerprint density at radius 2 is 1.95 bits per heavy atom. The average molecular weight is 363 g/mol. The first kappa shape index (κ1) is 13.2. The van der Waals surface area contributed by atoms with E-state index in [9.17, 15) is 0 Å². The van der Waals surface area contributed by atoms with Crippen LogP contribution in [0, 0.1) is 17.3 Å². The highest BCUT2D eigenvalue weighted by molar-refractivity contribution is 14.1. The van der Waals surface area contributed by atoms with Crippen LogP contribution in [-0.4, -0.2) is 9.59 Å². The van der Waals surface area contributed by atoms with E-state index >= 15 is 0 Å². The molecule has 2 bridgehead atoms. The molecule has 2 heteroatoms. The van der Waals surface area contributed by atoms with Gasteiger partial charge in [0.05, 0.1) is 0 Å². The molecule has 98 valence electrons. The molecule has 2 heterocycles. The van der Waals surface area contributed by atoms with Gasteiger partial charge in [-0.3, -0.25) is 5.32 Å². The normalized spacial score (nSPS) is 31.3. The Morgan fingerprint density at radius 1 is 1.21 bits per heavy atom. The maximum Gasteiger partial charge on any atom is 0.109 e. The average Bonchev–Trinajstić information content (AvgIpc) is 2.56. The van der Waals surface area contributed by atoms with Crippen molar-refractivity contribution in [2.45, 2.75) is 36.3 Å². The van der Waals surface area contributed by atoms with E-state index in [4.69, 9.17) is 0 Å². The van der Waals surface area contributed by atoms with Crippen molar-refractivity contribution in [3.63, 3.8) is 0 Å². The lowest BCUT2D eigenvalue weighted by Crippen LogP contribution is -2.48. The summed E-state index contributed by atoms with van der Waals surface area (Å²) in [5.41, 5.74) is 2.59. The minimum absolute atomic E-state index is 0.00451. The van der Waals surface area contributed by atoms with Crippen LogP contribution in [0.4, 0.5) is 0 Å². The van der Waals surface area contributed by atoms with Crippen LogP contribution in [0.5, 0.6) is 0 Å². The standard InChI is InChI=1S/C17H18IN/c1-16(2)12-15-11-10-14(17(16,18)19-15)9-8-13-6-4-3-5-7-13/h3-7,10,15,19H,11-12H2,1-2H3. The molecule has 1 fully saturated rings. The lowest BCUT2D eigenvalue weighted by atomic mass is 9.81. The highest BCUT2D eigenvalue weighted by Crippen LogP contribution is 2.53. The lowest BCUT2D eigenvalue weighted by Gasteiger charge is -2.37. The summed E-state index contributed by atoms with van der Waals surface area (Å²) in [6.07, 6.45) is 4.66. The van der Waals surface area contributed by atoms with E-state index in [1.54, 1.807) is 0 Å². The van der Waals surface area contributed by atoms with Gasteiger partial charge >= 0.3 is 0 Å². The minimum atomic E-state index is -0.00451. The van der Waals surface area contributed by atoms with Gasteiger partial charge in [0.1, 0.15) is 3.55 Å². The molecule has 2 aliphatic rings. The van der Waals surface area contributed by atoms with E-state index in [2.05, 4.69) is 71.8 Å². The van der Waals surface area contributed by atoms with Crippen molar-refractivity contribution in [1.82, 2.24) is 5.32 Å². The zero-order valence-electron chi connectivity index (χ0n) is 11.3. The number of alkyl halides is 1. The number of rotatable bonds is 0. The molecule has 0 amide bonds. The van der Waals surface area contributed by atoms with Crippen molar-refractivity contribution in [2.24, 2.45) is 5.41 Å². The fraction of sp³-hybridized carbons (Fsp3) is 0.412. The molecule has 0 aromatic heterocycles. The summed E-state index contributed by atoms with van der Waals surface area (Å²) in [6, 6.07) is 10.8. The van der Waals surface area contributed by atoms with Crippen molar-refractivity contribution in [1.29, 1.82) is 0 Å². The Kier molecular flexibility index (Phi) is 3.23. The quantitative estimate of drug-likeness (QED) is 0.319. The van der Waals surface area contributed by atoms with E-state index in [1.165, 1.54) is 12.0 Å². The Balaban J connectivity index is 1.94. The van der Waals surface area contributed by atoms with Gasteiger partial charge < -0.3 is 0 Å². The molecule has 0 aliphatic carbocycles. The zero-order chi connectivity index (χ0) is 13.5. The molecule has 1 nitrogen and oxygen atoms in total. The first-order valence-corrected chi connectivity index (χ1v) is 7.83. The van der Waals surface area contributed by atoms with Crippen LogP contribution in [0.15, 0.2) is 42.0 Å². The van der Waals surface area contributed by atoms with Crippen LogP contribution < -0.4 is 5.32 Å². The molecule has 1 N–H and O–H groups in total. The predicted molar refractivity (Wildman–Crippen MR) is 88.1 cm³/mol. The Hall–Kier alpha value is -0.790. The molecule has 1 saturated heterocycles. The maximum atomic E-state index is 3.76. The molecule has 3 rings (SSSR count). The minimum Gasteiger partial charge on any atom is -0.295 e. The highest BCUT2D eigenvalue weighted by atomic mass is 127. The van der Waals surface area contributed by atoms with Gasteiger partial charge in [0.25, 0.3) is 0 Å². The summed E-state index contributed by atoms with van der Waals surface area (Å²) in [5, 5.41) is 3.76. The molecule has 2 atom stereocenters. The third-order valence-electron chi connectivity index (χ3n) is 4.19. The summed E-state index contributed by atoms with van der Waals surface area (Å²) in [4.78, 5) is 0. The second-order valence-electron chi connectivity index (χ2n) is 6.06. The van der Waals surface area contributed by atoms with Crippen LogP contribution in [0.3, 0.4) is 0 Å². The van der Waals surface area contributed by atoms with Crippen LogP contribution >= 0.6 is 22.6 Å². The number of nitrogens with one attached hydrogen (secondary N) is 1. The van der Waals surface area contributed by atoms with Gasteiger partial charge in [-0.2, -0.15) is 0 Å². The van der Waals surface area contributed by atoms with Crippen molar-refractivity contribution in [3.8, 4) is 11.8 Å². The SMILES string of the molecule is CC1(C)CC2CC=C(C#Cc3ccccc3)C1(I)N2. The van der Waals surface area contributed by atoms with E-state index in [0.29, 0.717) is 6.04 Å². The van der Waals surface area contributed by atoms with Crippen molar-refractivity contribution in [2.75, 3.05) is 0 Å². The van der Waals surface area contributed by atoms with Gasteiger partial charge in [0, 0.05) is 17.2 Å². The van der Waals surface area contributed by atoms with Crippen LogP contribution in [0.2, 0.25) is 0 Å². The molecule has 19 heavy (non-hydrogen) atoms. The summed E-state index contributed by atoms with van der Waals surface area (Å²) in [7, 11) is 0. The number of hydrogen-bond acceptors (Lipinski definition) is 1. The summed E-state index contributed by atoms with van der Waals surface area (Å²) in [5.74, 6) is 6.70. The Morgan fingerprint density at radius 3 is 2.68 bits per heavy atom. The van der Waals surface area contributed by atoms with Gasteiger partial charge in [-0.25, -0.2) is 0 Å². The van der Waals surface area contributed by atoms with Crippen molar-refractivity contribution >= 4 is 22.6 Å². The highest BCUT2D eigenvalue weighted by Gasteiger charge is 2.54. The monoisotopic (exact) mass is 363 g/mol. The van der Waals surface area contributed by atoms with Crippen molar-refractivity contribution < 1.29 is 0 Å². The van der Waals surface area contributed by atoms with E-state index in [-0.39, 0.29) is 8.96 Å². The molecule has 0 radical (unpaired) electrons. The zero-order valence-corrected chi connectivity index (χ0v) is 13.5. The van der Waals surface area contributed by atoms with Crippen LogP contribution in [0.25, 0.3) is 0 Å². The number of fused-ring (bicyclic) bond motifs is 2. The van der Waals surface area contributed by atoms with Gasteiger partial charge in [-0.05, 0) is 30.4 Å². The smallest absolute Gasteiger partial charge is 0.109 e. The second-order valence-corrected chi connectivity index (χ2v) is 7.68. The second kappa shape index (κ2) is 4.64. The third-order valence-corrected chi connectivity index (χ3v) is 6.54. The summed E-state index contributed by atoms with van der Waals surface area (Å²) in [6.45, 7) is 4.69. The van der Waals surface area contributed by atoms with E-state index in [1.807, 2.05) is 18.2 Å². The third kappa shape index (κ3) is 2.23. The fourth-order valence-electron chi connectivity index (χ4n) is 3.07. The molecule has 2 unspecified atom stereocenters. The summed E-state index contributed by atoms with van der Waals surface area (Å²) < 4.78 is -0.00451. The fourth-order valence-corrected chi connectivity index (χ4v) is 4.08. The molecule has 1 aromatic rings. The molecule has 0 saturated carbocycles. The Bertz CT molecular complexity index is 576. The number of benzene rings is 1. The largest absolute Gasteiger partial charge is 0.295 e. The first-order chi connectivity index (χ1) is 9.01. The molecule has 1 aromatic carbocycles. The van der Waals surface area contributed by atoms with Crippen molar-refractivity contribution in [3.05, 3.63) is 47.5 Å². The van der Waals surface area contributed by atoms with Crippen LogP contribution in [0.1, 0.15) is 32.3 Å². The molecule has 2 aliphatic heterocycles. The molecular weight excluding hydrogens is 345 g/mol. The lowest BCUT2D eigenvalue weighted by molar-refractivity contribution is 0.337. The summed E-state index contributed by atoms with van der Waals surface area (Å²) >= 11 is 2.56. The first-order valence-electron chi connectivity index (χ1n) is 6.76. The van der Waals surface area contributed by atoms with Gasteiger partial charge in [-0.15, -0.1) is 0 Å². The van der Waals surface area contributed by atoms with Gasteiger partial charge in [-0.1, -0.05) is 72.6 Å². The van der Waals surface area contributed by atoms with Gasteiger partial charge in [0.15, 0.2) is 0 Å². The topological polar surface area (TPSA) is 12.0 Å². The molecule has 0 spiro atoms. The van der Waals surface area contributed by atoms with Crippen LogP contribution in [-0.2, 0) is 0 Å².